The summed E-state index contributed by atoms with van der Waals surface area (Å²) in [6.45, 7) is 7.98. The predicted molar refractivity (Wildman–Crippen MR) is 110 cm³/mol. The average Bonchev–Trinajstić information content (AvgIpc) is 2.65. The lowest BCUT2D eigenvalue weighted by molar-refractivity contribution is 0.102. The Labute approximate surface area is 159 Å². The zero-order valence-electron chi connectivity index (χ0n) is 16.1. The number of nitrogens with zero attached hydrogens (tertiary/aromatic N) is 2. The molecule has 1 heterocycles. The van der Waals surface area contributed by atoms with Crippen molar-refractivity contribution < 1.29 is 4.79 Å². The van der Waals surface area contributed by atoms with Gasteiger partial charge in [-0.25, -0.2) is 9.97 Å². The number of hydrogen-bond acceptors (Lipinski definition) is 4. The summed E-state index contributed by atoms with van der Waals surface area (Å²) in [7, 11) is 0. The fourth-order valence-corrected chi connectivity index (χ4v) is 2.77. The highest BCUT2D eigenvalue weighted by Crippen LogP contribution is 2.20. The van der Waals surface area contributed by atoms with Crippen LogP contribution in [0.25, 0.3) is 0 Å². The molecule has 0 saturated heterocycles. The Morgan fingerprint density at radius 3 is 2.44 bits per heavy atom. The van der Waals surface area contributed by atoms with Crippen LogP contribution in [0.2, 0.25) is 0 Å². The van der Waals surface area contributed by atoms with Crippen LogP contribution in [0.1, 0.15) is 39.8 Å². The van der Waals surface area contributed by atoms with Gasteiger partial charge in [-0.05, 0) is 68.1 Å². The Morgan fingerprint density at radius 1 is 1.00 bits per heavy atom. The summed E-state index contributed by atoms with van der Waals surface area (Å²) < 4.78 is 0. The Morgan fingerprint density at radius 2 is 1.74 bits per heavy atom. The van der Waals surface area contributed by atoms with Gasteiger partial charge in [-0.15, -0.1) is 0 Å². The van der Waals surface area contributed by atoms with Gasteiger partial charge in [0.1, 0.15) is 5.69 Å². The number of carbonyl (C=O) groups excluding carboxylic acids is 1. The number of nitrogens with one attached hydrogen (secondary N) is 2. The molecule has 138 valence electrons. The summed E-state index contributed by atoms with van der Waals surface area (Å²) >= 11 is 0. The molecule has 0 atom stereocenters. The molecule has 0 aliphatic rings. The number of hydrogen-bond donors (Lipinski definition) is 2. The minimum absolute atomic E-state index is 0.251. The first-order chi connectivity index (χ1) is 13.0. The molecule has 0 aliphatic carbocycles. The van der Waals surface area contributed by atoms with Gasteiger partial charge in [-0.3, -0.25) is 4.79 Å². The van der Waals surface area contributed by atoms with Crippen molar-refractivity contribution in [3.63, 3.8) is 0 Å². The topological polar surface area (TPSA) is 66.9 Å². The smallest absolute Gasteiger partial charge is 0.274 e. The Kier molecular flexibility index (Phi) is 5.50. The standard InChI is InChI=1S/C22H24N4O/c1-5-17-9-11-18(12-10-17)24-22-23-15(3)13-20(26-22)21(27)25-19-8-6-7-14(2)16(19)4/h6-13H,5H2,1-4H3,(H,25,27)(H,23,24,26). The van der Waals surface area contributed by atoms with Crippen molar-refractivity contribution in [3.05, 3.63) is 76.6 Å². The molecule has 0 saturated carbocycles. The second kappa shape index (κ2) is 7.99. The van der Waals surface area contributed by atoms with E-state index >= 15 is 0 Å². The number of aromatic nitrogens is 2. The number of benzene rings is 2. The Bertz CT molecular complexity index is 965. The van der Waals surface area contributed by atoms with Gasteiger partial charge in [0.2, 0.25) is 5.95 Å². The quantitative estimate of drug-likeness (QED) is 0.675. The molecule has 5 nitrogen and oxygen atoms in total. The zero-order valence-corrected chi connectivity index (χ0v) is 16.1. The SMILES string of the molecule is CCc1ccc(Nc2nc(C)cc(C(=O)Nc3cccc(C)c3C)n2)cc1. The zero-order chi connectivity index (χ0) is 19.4. The Balaban J connectivity index is 1.81. The van der Waals surface area contributed by atoms with Crippen LogP contribution in [0.5, 0.6) is 0 Å². The number of carbonyl (C=O) groups is 1. The van der Waals surface area contributed by atoms with Crippen LogP contribution in [-0.4, -0.2) is 15.9 Å². The van der Waals surface area contributed by atoms with Crippen molar-refractivity contribution >= 4 is 23.2 Å². The molecule has 3 rings (SSSR count). The van der Waals surface area contributed by atoms with E-state index in [1.54, 1.807) is 6.07 Å². The van der Waals surface area contributed by atoms with E-state index in [1.165, 1.54) is 5.56 Å². The van der Waals surface area contributed by atoms with Crippen molar-refractivity contribution in [3.8, 4) is 0 Å². The number of amides is 1. The minimum atomic E-state index is -0.251. The van der Waals surface area contributed by atoms with Gasteiger partial charge in [-0.1, -0.05) is 31.2 Å². The summed E-state index contributed by atoms with van der Waals surface area (Å²) in [5.74, 6) is 0.156. The largest absolute Gasteiger partial charge is 0.324 e. The van der Waals surface area contributed by atoms with Crippen LogP contribution < -0.4 is 10.6 Å². The number of rotatable bonds is 5. The van der Waals surface area contributed by atoms with Crippen molar-refractivity contribution in [2.75, 3.05) is 10.6 Å². The van der Waals surface area contributed by atoms with Crippen molar-refractivity contribution in [1.29, 1.82) is 0 Å². The molecule has 0 aliphatic heterocycles. The van der Waals surface area contributed by atoms with Gasteiger partial charge in [0, 0.05) is 17.1 Å². The molecule has 1 aromatic heterocycles. The van der Waals surface area contributed by atoms with Crippen LogP contribution in [0.3, 0.4) is 0 Å². The molecule has 0 radical (unpaired) electrons. The van der Waals surface area contributed by atoms with Gasteiger partial charge < -0.3 is 10.6 Å². The van der Waals surface area contributed by atoms with Crippen molar-refractivity contribution in [2.24, 2.45) is 0 Å². The van der Waals surface area contributed by atoms with Gasteiger partial charge >= 0.3 is 0 Å². The lowest BCUT2D eigenvalue weighted by Gasteiger charge is -2.11. The summed E-state index contributed by atoms with van der Waals surface area (Å²) in [6, 6.07) is 15.6. The van der Waals surface area contributed by atoms with Crippen molar-refractivity contribution in [2.45, 2.75) is 34.1 Å². The fourth-order valence-electron chi connectivity index (χ4n) is 2.77. The van der Waals surface area contributed by atoms with Gasteiger partial charge in [0.15, 0.2) is 0 Å². The van der Waals surface area contributed by atoms with Gasteiger partial charge in [0.25, 0.3) is 5.91 Å². The first-order valence-corrected chi connectivity index (χ1v) is 9.05. The maximum Gasteiger partial charge on any atom is 0.274 e. The van der Waals surface area contributed by atoms with E-state index in [0.29, 0.717) is 11.6 Å². The monoisotopic (exact) mass is 360 g/mol. The molecular formula is C22H24N4O. The molecule has 1 amide bonds. The van der Waals surface area contributed by atoms with E-state index in [9.17, 15) is 4.79 Å². The first kappa shape index (κ1) is 18.6. The van der Waals surface area contributed by atoms with E-state index < -0.39 is 0 Å². The lowest BCUT2D eigenvalue weighted by atomic mass is 10.1. The van der Waals surface area contributed by atoms with Crippen LogP contribution in [0, 0.1) is 20.8 Å². The third kappa shape index (κ3) is 4.50. The summed E-state index contributed by atoms with van der Waals surface area (Å²) in [5.41, 5.74) is 6.18. The van der Waals surface area contributed by atoms with E-state index in [4.69, 9.17) is 0 Å². The van der Waals surface area contributed by atoms with E-state index in [0.717, 1.165) is 34.6 Å². The molecule has 0 unspecified atom stereocenters. The van der Waals surface area contributed by atoms with Crippen LogP contribution in [0.15, 0.2) is 48.5 Å². The maximum atomic E-state index is 12.7. The predicted octanol–water partition coefficient (Wildman–Crippen LogP) is 4.96. The minimum Gasteiger partial charge on any atom is -0.324 e. The summed E-state index contributed by atoms with van der Waals surface area (Å²) in [5, 5.41) is 6.12. The van der Waals surface area contributed by atoms with Gasteiger partial charge in [0.05, 0.1) is 0 Å². The molecule has 2 N–H and O–H groups in total. The van der Waals surface area contributed by atoms with Crippen molar-refractivity contribution in [1.82, 2.24) is 9.97 Å². The molecule has 0 spiro atoms. The molecule has 2 aromatic carbocycles. The molecule has 0 bridgehead atoms. The molecule has 0 fully saturated rings. The number of anilines is 3. The second-order valence-corrected chi connectivity index (χ2v) is 6.60. The van der Waals surface area contributed by atoms with E-state index in [2.05, 4.69) is 39.7 Å². The van der Waals surface area contributed by atoms with E-state index in [1.807, 2.05) is 51.1 Å². The fraction of sp³-hybridized carbons (Fsp3) is 0.227. The summed E-state index contributed by atoms with van der Waals surface area (Å²) in [4.78, 5) is 21.5. The molecular weight excluding hydrogens is 336 g/mol. The molecule has 27 heavy (non-hydrogen) atoms. The highest BCUT2D eigenvalue weighted by Gasteiger charge is 2.13. The first-order valence-electron chi connectivity index (χ1n) is 9.05. The highest BCUT2D eigenvalue weighted by molar-refractivity contribution is 6.03. The third-order valence-electron chi connectivity index (χ3n) is 4.56. The number of aryl methyl sites for hydroxylation is 3. The normalized spacial score (nSPS) is 10.5. The van der Waals surface area contributed by atoms with Crippen LogP contribution in [-0.2, 0) is 6.42 Å². The Hall–Kier alpha value is -3.21. The molecule has 3 aromatic rings. The van der Waals surface area contributed by atoms with Crippen LogP contribution >= 0.6 is 0 Å². The van der Waals surface area contributed by atoms with Crippen LogP contribution in [0.4, 0.5) is 17.3 Å². The third-order valence-corrected chi connectivity index (χ3v) is 4.56. The second-order valence-electron chi connectivity index (χ2n) is 6.60. The molecule has 5 heteroatoms. The highest BCUT2D eigenvalue weighted by atomic mass is 16.1. The lowest BCUT2D eigenvalue weighted by Crippen LogP contribution is -2.16. The maximum absolute atomic E-state index is 12.7. The van der Waals surface area contributed by atoms with Gasteiger partial charge in [-0.2, -0.15) is 0 Å². The van der Waals surface area contributed by atoms with E-state index in [-0.39, 0.29) is 5.91 Å². The summed E-state index contributed by atoms with van der Waals surface area (Å²) in [6.07, 6.45) is 0.990. The average molecular weight is 360 g/mol.